The van der Waals surface area contributed by atoms with Crippen LogP contribution in [0, 0.1) is 5.82 Å². The summed E-state index contributed by atoms with van der Waals surface area (Å²) >= 11 is 5.87. The fourth-order valence-electron chi connectivity index (χ4n) is 3.14. The zero-order valence-electron chi connectivity index (χ0n) is 17.3. The van der Waals surface area contributed by atoms with Crippen LogP contribution in [0.4, 0.5) is 20.6 Å². The normalized spacial score (nSPS) is 11.2. The Kier molecular flexibility index (Phi) is 7.56. The Hall–Kier alpha value is -3.45. The zero-order valence-corrected chi connectivity index (χ0v) is 18.0. The van der Waals surface area contributed by atoms with Gasteiger partial charge in [-0.3, -0.25) is 9.98 Å². The minimum absolute atomic E-state index is 0.0134. The Balaban J connectivity index is 1.70. The number of hydrogen-bond donors (Lipinski definition) is 2. The third-order valence-electron chi connectivity index (χ3n) is 4.57. The van der Waals surface area contributed by atoms with Crippen LogP contribution in [0.15, 0.2) is 72.0 Å². The third-order valence-corrected chi connectivity index (χ3v) is 4.80. The Labute approximate surface area is 185 Å². The molecule has 1 heterocycles. The molecule has 8 heteroatoms. The van der Waals surface area contributed by atoms with E-state index in [1.165, 1.54) is 18.2 Å². The van der Waals surface area contributed by atoms with Crippen molar-refractivity contribution in [3.63, 3.8) is 0 Å². The lowest BCUT2D eigenvalue weighted by atomic mass is 10.1. The molecule has 2 aromatic carbocycles. The van der Waals surface area contributed by atoms with Crippen LogP contribution in [0.25, 0.3) is 0 Å². The van der Waals surface area contributed by atoms with Crippen molar-refractivity contribution in [1.82, 2.24) is 9.88 Å². The van der Waals surface area contributed by atoms with Crippen molar-refractivity contribution in [2.45, 2.75) is 13.5 Å². The van der Waals surface area contributed by atoms with Crippen molar-refractivity contribution in [3.05, 3.63) is 89.0 Å². The van der Waals surface area contributed by atoms with Gasteiger partial charge in [-0.2, -0.15) is 0 Å². The maximum Gasteiger partial charge on any atom is 0.323 e. The van der Waals surface area contributed by atoms with Gasteiger partial charge in [0.1, 0.15) is 11.7 Å². The van der Waals surface area contributed by atoms with Crippen LogP contribution < -0.4 is 10.6 Å². The summed E-state index contributed by atoms with van der Waals surface area (Å²) < 4.78 is 13.8. The highest BCUT2D eigenvalue weighted by Crippen LogP contribution is 2.20. The summed E-state index contributed by atoms with van der Waals surface area (Å²) in [6.07, 6.45) is 3.47. The Morgan fingerprint density at radius 2 is 1.90 bits per heavy atom. The van der Waals surface area contributed by atoms with Crippen molar-refractivity contribution < 1.29 is 9.18 Å². The van der Waals surface area contributed by atoms with Gasteiger partial charge >= 0.3 is 6.03 Å². The average molecular weight is 440 g/mol. The predicted octanol–water partition coefficient (Wildman–Crippen LogP) is 5.42. The van der Waals surface area contributed by atoms with E-state index in [1.54, 1.807) is 25.5 Å². The van der Waals surface area contributed by atoms with Crippen LogP contribution in [0.1, 0.15) is 18.1 Å². The van der Waals surface area contributed by atoms with Crippen LogP contribution in [-0.2, 0) is 6.54 Å². The number of nitrogens with zero attached hydrogens (tertiary/aromatic N) is 3. The van der Waals surface area contributed by atoms with E-state index in [0.717, 1.165) is 23.5 Å². The molecule has 3 aromatic rings. The van der Waals surface area contributed by atoms with Gasteiger partial charge in [0.05, 0.1) is 5.69 Å². The number of benzene rings is 2. The number of pyridine rings is 1. The monoisotopic (exact) mass is 439 g/mol. The van der Waals surface area contributed by atoms with Crippen LogP contribution in [0.3, 0.4) is 0 Å². The number of amides is 2. The number of rotatable bonds is 6. The largest absolute Gasteiger partial charge is 0.352 e. The van der Waals surface area contributed by atoms with Gasteiger partial charge in [-0.05, 0) is 55.0 Å². The lowest BCUT2D eigenvalue weighted by Crippen LogP contribution is -2.31. The molecule has 1 aromatic heterocycles. The summed E-state index contributed by atoms with van der Waals surface area (Å²) in [5.41, 5.74) is 2.58. The molecule has 0 spiro atoms. The quantitative estimate of drug-likeness (QED) is 0.398. The molecule has 0 saturated heterocycles. The van der Waals surface area contributed by atoms with Crippen LogP contribution in [0.2, 0.25) is 5.02 Å². The Morgan fingerprint density at radius 3 is 2.61 bits per heavy atom. The van der Waals surface area contributed by atoms with Gasteiger partial charge in [0, 0.05) is 48.8 Å². The SMILES string of the molecule is CCN(Cc1cccc(NC(=O)Nc2cc(Cl)ccc2F)c1)C(=NC)c1ccncc1. The average Bonchev–Trinajstić information content (AvgIpc) is 2.77. The summed E-state index contributed by atoms with van der Waals surface area (Å²) in [5.74, 6) is 0.298. The molecule has 0 saturated carbocycles. The molecule has 31 heavy (non-hydrogen) atoms. The van der Waals surface area contributed by atoms with Crippen molar-refractivity contribution in [3.8, 4) is 0 Å². The number of carbonyl (C=O) groups excluding carboxylic acids is 1. The topological polar surface area (TPSA) is 69.6 Å². The van der Waals surface area contributed by atoms with E-state index in [1.807, 2.05) is 30.3 Å². The highest BCUT2D eigenvalue weighted by molar-refractivity contribution is 6.30. The molecule has 3 rings (SSSR count). The summed E-state index contributed by atoms with van der Waals surface area (Å²) in [6.45, 7) is 3.41. The van der Waals surface area contributed by atoms with Gasteiger partial charge in [0.2, 0.25) is 0 Å². The molecule has 0 aliphatic heterocycles. The number of nitrogens with one attached hydrogen (secondary N) is 2. The molecule has 0 unspecified atom stereocenters. The van der Waals surface area contributed by atoms with Gasteiger partial charge < -0.3 is 15.5 Å². The van der Waals surface area contributed by atoms with Crippen molar-refractivity contribution in [1.29, 1.82) is 0 Å². The maximum absolute atomic E-state index is 13.8. The summed E-state index contributed by atoms with van der Waals surface area (Å²) in [5, 5.41) is 5.54. The zero-order chi connectivity index (χ0) is 22.2. The van der Waals surface area contributed by atoms with E-state index in [0.29, 0.717) is 17.3 Å². The van der Waals surface area contributed by atoms with Gasteiger partial charge in [-0.1, -0.05) is 23.7 Å². The van der Waals surface area contributed by atoms with Gasteiger partial charge in [0.15, 0.2) is 0 Å². The molecule has 0 aliphatic carbocycles. The van der Waals surface area contributed by atoms with Crippen LogP contribution >= 0.6 is 11.6 Å². The fraction of sp³-hybridized carbons (Fsp3) is 0.174. The number of carbonyl (C=O) groups is 1. The van der Waals surface area contributed by atoms with Gasteiger partial charge in [-0.15, -0.1) is 0 Å². The van der Waals surface area contributed by atoms with E-state index >= 15 is 0 Å². The van der Waals surface area contributed by atoms with Crippen molar-refractivity contribution in [2.24, 2.45) is 4.99 Å². The van der Waals surface area contributed by atoms with Crippen molar-refractivity contribution in [2.75, 3.05) is 24.2 Å². The minimum Gasteiger partial charge on any atom is -0.352 e. The van der Waals surface area contributed by atoms with E-state index < -0.39 is 11.8 Å². The molecule has 0 aliphatic rings. The smallest absolute Gasteiger partial charge is 0.323 e. The molecule has 0 radical (unpaired) electrons. The molecule has 0 fully saturated rings. The second-order valence-electron chi connectivity index (χ2n) is 6.70. The number of aromatic nitrogens is 1. The van der Waals surface area contributed by atoms with Crippen LogP contribution in [-0.4, -0.2) is 35.3 Å². The fourth-order valence-corrected chi connectivity index (χ4v) is 3.31. The first-order chi connectivity index (χ1) is 15.0. The molecular formula is C23H23ClFN5O. The van der Waals surface area contributed by atoms with E-state index in [2.05, 4.69) is 32.4 Å². The minimum atomic E-state index is -0.561. The molecular weight excluding hydrogens is 417 g/mol. The Morgan fingerprint density at radius 1 is 1.13 bits per heavy atom. The molecule has 6 nitrogen and oxygen atoms in total. The summed E-state index contributed by atoms with van der Waals surface area (Å²) in [7, 11) is 1.76. The number of hydrogen-bond acceptors (Lipinski definition) is 3. The number of amidine groups is 1. The lowest BCUT2D eigenvalue weighted by Gasteiger charge is -2.25. The molecule has 2 amide bonds. The third kappa shape index (κ3) is 6.02. The Bertz CT molecular complexity index is 1070. The first kappa shape index (κ1) is 22.2. The maximum atomic E-state index is 13.8. The highest BCUT2D eigenvalue weighted by atomic mass is 35.5. The number of urea groups is 1. The van der Waals surface area contributed by atoms with E-state index in [9.17, 15) is 9.18 Å². The molecule has 0 bridgehead atoms. The molecule has 0 atom stereocenters. The van der Waals surface area contributed by atoms with Crippen molar-refractivity contribution >= 4 is 34.8 Å². The number of halogens is 2. The second kappa shape index (κ2) is 10.5. The molecule has 160 valence electrons. The van der Waals surface area contributed by atoms with E-state index in [4.69, 9.17) is 11.6 Å². The number of anilines is 2. The first-order valence-electron chi connectivity index (χ1n) is 9.74. The van der Waals surface area contributed by atoms with Gasteiger partial charge in [-0.25, -0.2) is 9.18 Å². The first-order valence-corrected chi connectivity index (χ1v) is 10.1. The highest BCUT2D eigenvalue weighted by Gasteiger charge is 2.13. The molecule has 2 N–H and O–H groups in total. The lowest BCUT2D eigenvalue weighted by molar-refractivity contribution is 0.262. The van der Waals surface area contributed by atoms with Gasteiger partial charge in [0.25, 0.3) is 0 Å². The summed E-state index contributed by atoms with van der Waals surface area (Å²) in [6, 6.07) is 14.7. The second-order valence-corrected chi connectivity index (χ2v) is 7.14. The standard InChI is InChI=1S/C23H23ClFN5O/c1-3-30(22(26-2)17-9-11-27-12-10-17)15-16-5-4-6-19(13-16)28-23(31)29-21-14-18(24)7-8-20(21)25/h4-14H,3,15H2,1-2H3,(H2,28,29,31). The van der Waals surface area contributed by atoms with E-state index in [-0.39, 0.29) is 5.69 Å². The predicted molar refractivity (Wildman–Crippen MR) is 123 cm³/mol. The number of aliphatic imine (C=N–C) groups is 1. The van der Waals surface area contributed by atoms with Crippen LogP contribution in [0.5, 0.6) is 0 Å². The summed E-state index contributed by atoms with van der Waals surface area (Å²) in [4.78, 5) is 22.9.